The number of benzene rings is 4. The van der Waals surface area contributed by atoms with Gasteiger partial charge in [0.1, 0.15) is 5.30 Å². The smallest absolute Gasteiger partial charge is 0.367 e. The summed E-state index contributed by atoms with van der Waals surface area (Å²) < 4.78 is 13.5. The number of thiol groups is 1. The predicted molar refractivity (Wildman–Crippen MR) is 134 cm³/mol. The monoisotopic (exact) mass is 441 g/mol. The topological polar surface area (TPSA) is 18.5 Å². The lowest BCUT2D eigenvalue weighted by atomic mass is 9.78. The van der Waals surface area contributed by atoms with E-state index in [0.29, 0.717) is 0 Å². The zero-order valence-electron chi connectivity index (χ0n) is 17.0. The quantitative estimate of drug-likeness (QED) is 0.237. The first-order valence-corrected chi connectivity index (χ1v) is 13.5. The zero-order valence-corrected chi connectivity index (χ0v) is 18.8. The number of hydrogen-bond donors (Lipinski definition) is 1. The van der Waals surface area contributed by atoms with E-state index >= 15 is 0 Å². The standard InChI is InChI=1S/C26H23BO2PS/c31-30(24-19-11-4-12-20-24)25(21-13-5-1-6-14-21)28-27(23-17-9-3-10-18-23)29-26(30)22-15-7-2-8-16-22/h1-20,25-26,31H/q+1. The largest absolute Gasteiger partial charge is 0.499 e. The molecule has 2 nitrogen and oxygen atoms in total. The predicted octanol–water partition coefficient (Wildman–Crippen LogP) is 6.01. The van der Waals surface area contributed by atoms with Gasteiger partial charge in [0.2, 0.25) is 0 Å². The average Bonchev–Trinajstić information content (AvgIpc) is 2.86. The van der Waals surface area contributed by atoms with Gasteiger partial charge in [0, 0.05) is 23.4 Å². The van der Waals surface area contributed by atoms with Crippen molar-refractivity contribution in [3.63, 3.8) is 0 Å². The Balaban J connectivity index is 1.70. The van der Waals surface area contributed by atoms with Crippen LogP contribution in [0.15, 0.2) is 121 Å². The van der Waals surface area contributed by atoms with Gasteiger partial charge in [0.15, 0.2) is 18.2 Å². The fourth-order valence-corrected chi connectivity index (χ4v) is 8.94. The third kappa shape index (κ3) is 3.97. The van der Waals surface area contributed by atoms with E-state index in [-0.39, 0.29) is 11.7 Å². The van der Waals surface area contributed by atoms with E-state index in [9.17, 15) is 0 Å². The van der Waals surface area contributed by atoms with Crippen LogP contribution in [0.5, 0.6) is 0 Å². The van der Waals surface area contributed by atoms with Gasteiger partial charge in [-0.15, -0.1) is 0 Å². The van der Waals surface area contributed by atoms with Crippen molar-refractivity contribution in [2.45, 2.75) is 11.7 Å². The molecule has 0 aromatic heterocycles. The minimum Gasteiger partial charge on any atom is -0.367 e. The minimum atomic E-state index is -2.29. The van der Waals surface area contributed by atoms with Gasteiger partial charge in [0.05, 0.1) is 0 Å². The molecular formula is C26H23BO2PS+. The number of hydrogen-bond acceptors (Lipinski definition) is 3. The van der Waals surface area contributed by atoms with Gasteiger partial charge >= 0.3 is 7.12 Å². The highest BCUT2D eigenvalue weighted by atomic mass is 32.7. The zero-order chi connectivity index (χ0) is 21.1. The second-order valence-electron chi connectivity index (χ2n) is 7.61. The molecule has 5 heteroatoms. The van der Waals surface area contributed by atoms with Crippen molar-refractivity contribution >= 4 is 36.6 Å². The molecule has 4 aromatic carbocycles. The van der Waals surface area contributed by atoms with Crippen molar-refractivity contribution in [1.82, 2.24) is 0 Å². The third-order valence-corrected chi connectivity index (χ3v) is 11.0. The lowest BCUT2D eigenvalue weighted by molar-refractivity contribution is 0.147. The lowest BCUT2D eigenvalue weighted by Crippen LogP contribution is -2.45. The first kappa shape index (κ1) is 20.5. The Morgan fingerprint density at radius 1 is 0.548 bits per heavy atom. The van der Waals surface area contributed by atoms with Crippen LogP contribution in [-0.2, 0) is 9.31 Å². The third-order valence-electron chi connectivity index (χ3n) is 5.63. The maximum absolute atomic E-state index is 6.73. The lowest BCUT2D eigenvalue weighted by Gasteiger charge is -2.42. The van der Waals surface area contributed by atoms with Crippen LogP contribution in [0.4, 0.5) is 0 Å². The molecule has 4 aromatic rings. The van der Waals surface area contributed by atoms with Crippen molar-refractivity contribution in [3.8, 4) is 0 Å². The van der Waals surface area contributed by atoms with E-state index in [1.807, 2.05) is 36.4 Å². The maximum atomic E-state index is 6.73. The molecule has 2 unspecified atom stereocenters. The highest BCUT2D eigenvalue weighted by molar-refractivity contribution is 8.55. The van der Waals surface area contributed by atoms with Gasteiger partial charge in [-0.25, -0.2) is 0 Å². The number of rotatable bonds is 4. The van der Waals surface area contributed by atoms with Crippen LogP contribution in [0.2, 0.25) is 0 Å². The first-order valence-electron chi connectivity index (χ1n) is 10.4. The summed E-state index contributed by atoms with van der Waals surface area (Å²) in [6.45, 7) is -2.29. The molecule has 0 spiro atoms. The first-order chi connectivity index (χ1) is 15.3. The molecular weight excluding hydrogens is 418 g/mol. The summed E-state index contributed by atoms with van der Waals surface area (Å²) in [6, 6.07) is 41.5. The molecule has 0 saturated carbocycles. The highest BCUT2D eigenvalue weighted by Crippen LogP contribution is 2.82. The van der Waals surface area contributed by atoms with Crippen LogP contribution < -0.4 is 10.8 Å². The van der Waals surface area contributed by atoms with Gasteiger partial charge in [-0.05, 0) is 17.6 Å². The molecule has 152 valence electrons. The van der Waals surface area contributed by atoms with Crippen molar-refractivity contribution in [1.29, 1.82) is 0 Å². The molecule has 0 bridgehead atoms. The molecule has 0 amide bonds. The molecule has 0 aliphatic carbocycles. The second-order valence-corrected chi connectivity index (χ2v) is 12.5. The molecule has 31 heavy (non-hydrogen) atoms. The molecule has 1 heterocycles. The van der Waals surface area contributed by atoms with Crippen molar-refractivity contribution in [2.75, 3.05) is 0 Å². The van der Waals surface area contributed by atoms with E-state index in [1.165, 1.54) is 5.30 Å². The maximum Gasteiger partial charge on any atom is 0.499 e. The van der Waals surface area contributed by atoms with Gasteiger partial charge in [-0.3, -0.25) is 0 Å². The van der Waals surface area contributed by atoms with Crippen LogP contribution in [0.3, 0.4) is 0 Å². The summed E-state index contributed by atoms with van der Waals surface area (Å²) in [4.78, 5) is 0. The molecule has 0 N–H and O–H groups in total. The summed E-state index contributed by atoms with van der Waals surface area (Å²) in [5.41, 5.74) is 3.26. The molecule has 2 atom stereocenters. The van der Waals surface area contributed by atoms with Gasteiger partial charge in [-0.2, -0.15) is 0 Å². The summed E-state index contributed by atoms with van der Waals surface area (Å²) in [5, 5.41) is 1.17. The van der Waals surface area contributed by atoms with Crippen LogP contribution in [0, 0.1) is 0 Å². The summed E-state index contributed by atoms with van der Waals surface area (Å²) >= 11 is 5.47. The Hall–Kier alpha value is -2.36. The van der Waals surface area contributed by atoms with Crippen molar-refractivity contribution < 1.29 is 9.31 Å². The van der Waals surface area contributed by atoms with E-state index in [2.05, 4.69) is 84.9 Å². The van der Waals surface area contributed by atoms with E-state index in [0.717, 1.165) is 16.6 Å². The van der Waals surface area contributed by atoms with Crippen LogP contribution in [-0.4, -0.2) is 7.12 Å². The van der Waals surface area contributed by atoms with Gasteiger partial charge in [0.25, 0.3) is 0 Å². The fourth-order valence-electron chi connectivity index (χ4n) is 4.13. The minimum absolute atomic E-state index is 0.205. The van der Waals surface area contributed by atoms with Gasteiger partial charge < -0.3 is 9.31 Å². The van der Waals surface area contributed by atoms with E-state index in [1.54, 1.807) is 0 Å². The molecule has 1 fully saturated rings. The Bertz CT molecular complexity index is 1060. The second kappa shape index (κ2) is 9.02. The molecule has 1 aliphatic rings. The van der Waals surface area contributed by atoms with Gasteiger partial charge in [-0.1, -0.05) is 109 Å². The Kier molecular flexibility index (Phi) is 5.98. The Morgan fingerprint density at radius 2 is 0.935 bits per heavy atom. The SMILES string of the molecule is S[P+]1(c2ccccc2)C(c2ccccc2)OB(c2ccccc2)OC1c1ccccc1. The highest BCUT2D eigenvalue weighted by Gasteiger charge is 2.61. The summed E-state index contributed by atoms with van der Waals surface area (Å²) in [7, 11) is -0.472. The van der Waals surface area contributed by atoms with E-state index in [4.69, 9.17) is 21.6 Å². The van der Waals surface area contributed by atoms with Crippen molar-refractivity contribution in [2.24, 2.45) is 0 Å². The van der Waals surface area contributed by atoms with E-state index < -0.39 is 13.6 Å². The molecule has 0 radical (unpaired) electrons. The Morgan fingerprint density at radius 3 is 1.39 bits per heavy atom. The molecule has 1 aliphatic heterocycles. The summed E-state index contributed by atoms with van der Waals surface area (Å²) in [6.07, 6.45) is 0. The van der Waals surface area contributed by atoms with Crippen molar-refractivity contribution in [3.05, 3.63) is 132 Å². The fraction of sp³-hybridized carbons (Fsp3) is 0.0769. The van der Waals surface area contributed by atoms with Crippen LogP contribution in [0.25, 0.3) is 0 Å². The summed E-state index contributed by atoms with van der Waals surface area (Å²) in [5.74, 6) is -0.410. The molecule has 1 saturated heterocycles. The normalized spacial score (nSPS) is 23.5. The molecule has 5 rings (SSSR count). The van der Waals surface area contributed by atoms with Crippen LogP contribution in [0.1, 0.15) is 22.8 Å². The van der Waals surface area contributed by atoms with Crippen LogP contribution >= 0.6 is 18.7 Å². The average molecular weight is 441 g/mol. The Labute approximate surface area is 189 Å².